The molecule has 0 unspecified atom stereocenters. The fraction of sp³-hybridized carbons (Fsp3) is 0. The third-order valence-corrected chi connectivity index (χ3v) is 5.05. The van der Waals surface area contributed by atoms with Gasteiger partial charge in [-0.3, -0.25) is 14.3 Å². The van der Waals surface area contributed by atoms with Crippen molar-refractivity contribution < 1.29 is 18.0 Å². The first-order chi connectivity index (χ1) is 15.5. The summed E-state index contributed by atoms with van der Waals surface area (Å²) in [5.74, 6) is -4.02. The summed E-state index contributed by atoms with van der Waals surface area (Å²) in [7, 11) is 0. The van der Waals surface area contributed by atoms with E-state index in [4.69, 9.17) is 0 Å². The van der Waals surface area contributed by atoms with Crippen LogP contribution >= 0.6 is 0 Å². The van der Waals surface area contributed by atoms with Crippen molar-refractivity contribution in [2.75, 3.05) is 5.32 Å². The van der Waals surface area contributed by atoms with Crippen LogP contribution in [0.15, 0.2) is 73.3 Å². The largest absolute Gasteiger partial charge is 0.319 e. The average Bonchev–Trinajstić information content (AvgIpc) is 3.46. The van der Waals surface area contributed by atoms with Crippen LogP contribution in [0.4, 0.5) is 18.9 Å². The number of pyridine rings is 1. The van der Waals surface area contributed by atoms with Gasteiger partial charge in [-0.15, -0.1) is 0 Å². The Hall–Kier alpha value is -4.40. The lowest BCUT2D eigenvalue weighted by molar-refractivity contribution is 0.102. The SMILES string of the molecule is O=C(Nc1cccc(F)c1F)c1ccc(-c2cnc3ccc(-c4cn[nH]c4)cn23)cc1F. The summed E-state index contributed by atoms with van der Waals surface area (Å²) in [6.07, 6.45) is 6.90. The molecule has 158 valence electrons. The van der Waals surface area contributed by atoms with Gasteiger partial charge in [-0.25, -0.2) is 18.2 Å². The molecule has 0 saturated heterocycles. The van der Waals surface area contributed by atoms with E-state index in [0.29, 0.717) is 16.9 Å². The Balaban J connectivity index is 1.48. The normalized spacial score (nSPS) is 11.1. The van der Waals surface area contributed by atoms with Gasteiger partial charge in [0, 0.05) is 29.1 Å². The van der Waals surface area contributed by atoms with Crippen molar-refractivity contribution in [1.82, 2.24) is 19.6 Å². The summed E-state index contributed by atoms with van der Waals surface area (Å²) >= 11 is 0. The van der Waals surface area contributed by atoms with Crippen molar-refractivity contribution >= 4 is 17.2 Å². The van der Waals surface area contributed by atoms with E-state index < -0.39 is 23.4 Å². The van der Waals surface area contributed by atoms with Gasteiger partial charge in [-0.05, 0) is 36.4 Å². The molecular formula is C23H14F3N5O. The zero-order valence-corrected chi connectivity index (χ0v) is 16.3. The number of hydrogen-bond acceptors (Lipinski definition) is 3. The maximum Gasteiger partial charge on any atom is 0.258 e. The van der Waals surface area contributed by atoms with E-state index in [-0.39, 0.29) is 11.3 Å². The first-order valence-electron chi connectivity index (χ1n) is 9.53. The molecular weight excluding hydrogens is 419 g/mol. The quantitative estimate of drug-likeness (QED) is 0.416. The molecule has 0 saturated carbocycles. The number of anilines is 1. The number of imidazole rings is 1. The smallest absolute Gasteiger partial charge is 0.258 e. The van der Waals surface area contributed by atoms with Crippen molar-refractivity contribution in [3.63, 3.8) is 0 Å². The van der Waals surface area contributed by atoms with Gasteiger partial charge in [0.25, 0.3) is 5.91 Å². The van der Waals surface area contributed by atoms with Crippen LogP contribution in [0.1, 0.15) is 10.4 Å². The molecule has 2 aromatic carbocycles. The first-order valence-corrected chi connectivity index (χ1v) is 9.53. The zero-order valence-electron chi connectivity index (χ0n) is 16.3. The summed E-state index contributed by atoms with van der Waals surface area (Å²) in [6, 6.07) is 11.1. The van der Waals surface area contributed by atoms with Gasteiger partial charge in [0.2, 0.25) is 0 Å². The number of H-pyrrole nitrogens is 1. The highest BCUT2D eigenvalue weighted by Crippen LogP contribution is 2.27. The molecule has 0 spiro atoms. The van der Waals surface area contributed by atoms with Gasteiger partial charge in [0.15, 0.2) is 11.6 Å². The average molecular weight is 433 g/mol. The Morgan fingerprint density at radius 1 is 0.938 bits per heavy atom. The van der Waals surface area contributed by atoms with Crippen LogP contribution in [0.5, 0.6) is 0 Å². The number of amides is 1. The highest BCUT2D eigenvalue weighted by molar-refractivity contribution is 6.04. The summed E-state index contributed by atoms with van der Waals surface area (Å²) in [5, 5.41) is 8.90. The van der Waals surface area contributed by atoms with E-state index in [1.807, 2.05) is 18.3 Å². The molecule has 0 fully saturated rings. The number of nitrogens with one attached hydrogen (secondary N) is 2. The van der Waals surface area contributed by atoms with E-state index in [9.17, 15) is 18.0 Å². The van der Waals surface area contributed by atoms with Crippen LogP contribution < -0.4 is 5.32 Å². The molecule has 3 aromatic heterocycles. The van der Waals surface area contributed by atoms with E-state index in [1.165, 1.54) is 24.3 Å². The number of halogens is 3. The number of nitrogens with zero attached hydrogens (tertiary/aromatic N) is 3. The minimum Gasteiger partial charge on any atom is -0.319 e. The zero-order chi connectivity index (χ0) is 22.2. The number of benzene rings is 2. The topological polar surface area (TPSA) is 75.1 Å². The van der Waals surface area contributed by atoms with Crippen molar-refractivity contribution in [2.24, 2.45) is 0 Å². The number of aromatic nitrogens is 4. The minimum absolute atomic E-state index is 0.301. The van der Waals surface area contributed by atoms with Gasteiger partial charge in [0.05, 0.1) is 29.3 Å². The number of carbonyl (C=O) groups is 1. The van der Waals surface area contributed by atoms with E-state index in [1.54, 1.807) is 29.1 Å². The number of carbonyl (C=O) groups excluding carboxylic acids is 1. The van der Waals surface area contributed by atoms with E-state index in [2.05, 4.69) is 20.5 Å². The Kier molecular flexibility index (Phi) is 4.70. The van der Waals surface area contributed by atoms with Crippen molar-refractivity contribution in [3.05, 3.63) is 96.3 Å². The van der Waals surface area contributed by atoms with Gasteiger partial charge >= 0.3 is 0 Å². The molecule has 0 bridgehead atoms. The maximum atomic E-state index is 14.8. The third kappa shape index (κ3) is 3.39. The van der Waals surface area contributed by atoms with Crippen LogP contribution in [0, 0.1) is 17.5 Å². The second-order valence-corrected chi connectivity index (χ2v) is 7.03. The molecule has 5 aromatic rings. The summed E-state index contributed by atoms with van der Waals surface area (Å²) < 4.78 is 43.8. The maximum absolute atomic E-state index is 14.8. The minimum atomic E-state index is -1.21. The Labute approximate surface area is 179 Å². The molecule has 32 heavy (non-hydrogen) atoms. The first kappa shape index (κ1) is 19.6. The Morgan fingerprint density at radius 2 is 1.78 bits per heavy atom. The molecule has 6 nitrogen and oxygen atoms in total. The molecule has 3 heterocycles. The van der Waals surface area contributed by atoms with Gasteiger partial charge < -0.3 is 5.32 Å². The van der Waals surface area contributed by atoms with Gasteiger partial charge in [-0.1, -0.05) is 12.1 Å². The number of rotatable bonds is 4. The van der Waals surface area contributed by atoms with E-state index in [0.717, 1.165) is 17.2 Å². The van der Waals surface area contributed by atoms with Crippen LogP contribution in [0.2, 0.25) is 0 Å². The molecule has 0 aliphatic carbocycles. The van der Waals surface area contributed by atoms with E-state index >= 15 is 0 Å². The monoisotopic (exact) mass is 433 g/mol. The van der Waals surface area contributed by atoms with Crippen molar-refractivity contribution in [3.8, 4) is 22.4 Å². The van der Waals surface area contributed by atoms with Crippen molar-refractivity contribution in [1.29, 1.82) is 0 Å². The standard InChI is InChI=1S/C23H14F3N5O/c24-17-2-1-3-19(22(17)26)30-23(32)16-6-4-13(8-18(16)25)20-11-27-21-7-5-14(12-31(20)21)15-9-28-29-10-15/h1-12H,(H,28,29)(H,30,32). The lowest BCUT2D eigenvalue weighted by atomic mass is 10.1. The molecule has 0 aliphatic rings. The summed E-state index contributed by atoms with van der Waals surface area (Å²) in [6.45, 7) is 0. The second-order valence-electron chi connectivity index (χ2n) is 7.03. The lowest BCUT2D eigenvalue weighted by Crippen LogP contribution is -2.15. The molecule has 0 aliphatic heterocycles. The Morgan fingerprint density at radius 3 is 2.56 bits per heavy atom. The van der Waals surface area contributed by atoms with Crippen LogP contribution in [0.25, 0.3) is 28.0 Å². The lowest BCUT2D eigenvalue weighted by Gasteiger charge is -2.09. The highest BCUT2D eigenvalue weighted by atomic mass is 19.2. The second kappa shape index (κ2) is 7.69. The fourth-order valence-electron chi connectivity index (χ4n) is 3.42. The van der Waals surface area contributed by atoms with Crippen LogP contribution in [0.3, 0.4) is 0 Å². The molecule has 2 N–H and O–H groups in total. The molecule has 1 amide bonds. The Bertz CT molecular complexity index is 1460. The molecule has 0 atom stereocenters. The van der Waals surface area contributed by atoms with Crippen molar-refractivity contribution in [2.45, 2.75) is 0 Å². The number of hydrogen-bond donors (Lipinski definition) is 2. The van der Waals surface area contributed by atoms with Crippen LogP contribution in [-0.4, -0.2) is 25.5 Å². The molecule has 9 heteroatoms. The third-order valence-electron chi connectivity index (χ3n) is 5.05. The predicted molar refractivity (Wildman–Crippen MR) is 112 cm³/mol. The summed E-state index contributed by atoms with van der Waals surface area (Å²) in [5.41, 5.74) is 2.88. The van der Waals surface area contributed by atoms with Crippen LogP contribution in [-0.2, 0) is 0 Å². The highest BCUT2D eigenvalue weighted by Gasteiger charge is 2.17. The fourth-order valence-corrected chi connectivity index (χ4v) is 3.42. The van der Waals surface area contributed by atoms with Gasteiger partial charge in [-0.2, -0.15) is 5.10 Å². The molecule has 5 rings (SSSR count). The van der Waals surface area contributed by atoms with Gasteiger partial charge in [0.1, 0.15) is 11.5 Å². The molecule has 0 radical (unpaired) electrons. The summed E-state index contributed by atoms with van der Waals surface area (Å²) in [4.78, 5) is 16.8. The number of aromatic amines is 1. The predicted octanol–water partition coefficient (Wildman–Crippen LogP) is 5.06. The number of fused-ring (bicyclic) bond motifs is 1.